The quantitative estimate of drug-likeness (QED) is 0.869. The zero-order chi connectivity index (χ0) is 13.0. The second-order valence-corrected chi connectivity index (χ2v) is 6.68. The number of hydrogen-bond acceptors (Lipinski definition) is 4. The zero-order valence-electron chi connectivity index (χ0n) is 10.5. The molecule has 0 spiro atoms. The van der Waals surface area contributed by atoms with Crippen LogP contribution in [0.15, 0.2) is 24.5 Å². The van der Waals surface area contributed by atoms with Crippen molar-refractivity contribution < 1.29 is 8.42 Å². The third kappa shape index (κ3) is 3.76. The first-order valence-corrected chi connectivity index (χ1v) is 7.98. The highest BCUT2D eigenvalue weighted by Gasteiger charge is 2.25. The summed E-state index contributed by atoms with van der Waals surface area (Å²) >= 11 is 0. The minimum Gasteiger partial charge on any atom is -0.309 e. The van der Waals surface area contributed by atoms with E-state index in [9.17, 15) is 8.42 Å². The maximum absolute atomic E-state index is 11.5. The fraction of sp³-hybridized carbons (Fsp3) is 0.583. The smallest absolute Gasteiger partial charge is 0.211 e. The van der Waals surface area contributed by atoms with E-state index in [1.54, 1.807) is 10.5 Å². The van der Waals surface area contributed by atoms with E-state index in [0.29, 0.717) is 13.1 Å². The minimum atomic E-state index is -3.06. The number of rotatable bonds is 4. The zero-order valence-corrected chi connectivity index (χ0v) is 11.4. The van der Waals surface area contributed by atoms with E-state index in [2.05, 4.69) is 10.3 Å². The summed E-state index contributed by atoms with van der Waals surface area (Å²) in [6, 6.07) is 4.14. The third-order valence-corrected chi connectivity index (χ3v) is 4.44. The molecule has 1 N–H and O–H groups in total. The molecule has 2 heterocycles. The van der Waals surface area contributed by atoms with Gasteiger partial charge in [0.15, 0.2) is 0 Å². The van der Waals surface area contributed by atoms with Gasteiger partial charge in [0.2, 0.25) is 10.0 Å². The highest BCUT2D eigenvalue weighted by Crippen LogP contribution is 2.13. The standard InChI is InChI=1S/C12H19N3O2S/c1-18(16,17)15-7-3-5-12(10-15)14-9-11-4-2-6-13-8-11/h2,4,6,8,12,14H,3,5,7,9-10H2,1H3. The van der Waals surface area contributed by atoms with Gasteiger partial charge in [0.1, 0.15) is 0 Å². The van der Waals surface area contributed by atoms with Crippen LogP contribution in [0.4, 0.5) is 0 Å². The normalized spacial score (nSPS) is 21.9. The number of piperidine rings is 1. The molecule has 1 aromatic rings. The van der Waals surface area contributed by atoms with Gasteiger partial charge in [-0.2, -0.15) is 0 Å². The summed E-state index contributed by atoms with van der Waals surface area (Å²) < 4.78 is 24.5. The molecule has 1 unspecified atom stereocenters. The Balaban J connectivity index is 1.87. The van der Waals surface area contributed by atoms with Crippen LogP contribution in [-0.2, 0) is 16.6 Å². The highest BCUT2D eigenvalue weighted by molar-refractivity contribution is 7.88. The van der Waals surface area contributed by atoms with Gasteiger partial charge in [-0.3, -0.25) is 4.98 Å². The molecule has 2 rings (SSSR count). The van der Waals surface area contributed by atoms with Crippen LogP contribution in [0.2, 0.25) is 0 Å². The topological polar surface area (TPSA) is 62.3 Å². The van der Waals surface area contributed by atoms with E-state index in [-0.39, 0.29) is 6.04 Å². The molecule has 0 aliphatic carbocycles. The SMILES string of the molecule is CS(=O)(=O)N1CCCC(NCc2cccnc2)C1. The Morgan fingerprint density at radius 2 is 2.39 bits per heavy atom. The average molecular weight is 269 g/mol. The van der Waals surface area contributed by atoms with Gasteiger partial charge < -0.3 is 5.32 Å². The number of aromatic nitrogens is 1. The lowest BCUT2D eigenvalue weighted by molar-refractivity contribution is 0.284. The van der Waals surface area contributed by atoms with Crippen molar-refractivity contribution in [1.82, 2.24) is 14.6 Å². The van der Waals surface area contributed by atoms with E-state index in [0.717, 1.165) is 24.9 Å². The maximum Gasteiger partial charge on any atom is 0.211 e. The van der Waals surface area contributed by atoms with Crippen LogP contribution in [0, 0.1) is 0 Å². The van der Waals surface area contributed by atoms with Crippen LogP contribution in [0.1, 0.15) is 18.4 Å². The Hall–Kier alpha value is -0.980. The molecule has 0 aromatic carbocycles. The summed E-state index contributed by atoms with van der Waals surface area (Å²) in [6.07, 6.45) is 6.78. The van der Waals surface area contributed by atoms with Gasteiger partial charge in [-0.25, -0.2) is 12.7 Å². The highest BCUT2D eigenvalue weighted by atomic mass is 32.2. The second-order valence-electron chi connectivity index (χ2n) is 4.70. The van der Waals surface area contributed by atoms with Crippen LogP contribution >= 0.6 is 0 Å². The number of pyridine rings is 1. The predicted molar refractivity (Wildman–Crippen MR) is 70.5 cm³/mol. The van der Waals surface area contributed by atoms with Gasteiger partial charge in [-0.15, -0.1) is 0 Å². The van der Waals surface area contributed by atoms with Gasteiger partial charge in [0, 0.05) is 38.1 Å². The van der Waals surface area contributed by atoms with Crippen molar-refractivity contribution in [3.63, 3.8) is 0 Å². The molecule has 6 heteroatoms. The molecule has 0 amide bonds. The van der Waals surface area contributed by atoms with Crippen molar-refractivity contribution in [2.75, 3.05) is 19.3 Å². The van der Waals surface area contributed by atoms with Crippen molar-refractivity contribution in [3.8, 4) is 0 Å². The summed E-state index contributed by atoms with van der Waals surface area (Å²) in [5.74, 6) is 0. The average Bonchev–Trinajstić information content (AvgIpc) is 2.37. The number of hydrogen-bond donors (Lipinski definition) is 1. The van der Waals surface area contributed by atoms with Crippen LogP contribution in [-0.4, -0.2) is 43.1 Å². The molecule has 1 aromatic heterocycles. The molecule has 1 saturated heterocycles. The van der Waals surface area contributed by atoms with Crippen molar-refractivity contribution >= 4 is 10.0 Å². The summed E-state index contributed by atoms with van der Waals surface area (Å²) in [7, 11) is -3.06. The maximum atomic E-state index is 11.5. The van der Waals surface area contributed by atoms with E-state index in [1.165, 1.54) is 6.26 Å². The monoisotopic (exact) mass is 269 g/mol. The van der Waals surface area contributed by atoms with E-state index in [4.69, 9.17) is 0 Å². The van der Waals surface area contributed by atoms with Gasteiger partial charge in [0.25, 0.3) is 0 Å². The molecule has 5 nitrogen and oxygen atoms in total. The van der Waals surface area contributed by atoms with Crippen LogP contribution in [0.3, 0.4) is 0 Å². The fourth-order valence-electron chi connectivity index (χ4n) is 2.18. The number of nitrogens with one attached hydrogen (secondary N) is 1. The molecule has 1 atom stereocenters. The van der Waals surface area contributed by atoms with E-state index in [1.807, 2.05) is 18.3 Å². The summed E-state index contributed by atoms with van der Waals surface area (Å²) in [5.41, 5.74) is 1.12. The van der Waals surface area contributed by atoms with Crippen molar-refractivity contribution in [1.29, 1.82) is 0 Å². The molecule has 18 heavy (non-hydrogen) atoms. The lowest BCUT2D eigenvalue weighted by Crippen LogP contribution is -2.47. The van der Waals surface area contributed by atoms with Crippen LogP contribution in [0.25, 0.3) is 0 Å². The van der Waals surface area contributed by atoms with Gasteiger partial charge in [0.05, 0.1) is 6.26 Å². The Labute approximate surface area is 108 Å². The molecular weight excluding hydrogens is 250 g/mol. The van der Waals surface area contributed by atoms with E-state index >= 15 is 0 Å². The lowest BCUT2D eigenvalue weighted by Gasteiger charge is -2.31. The lowest BCUT2D eigenvalue weighted by atomic mass is 10.1. The summed E-state index contributed by atoms with van der Waals surface area (Å²) in [6.45, 7) is 1.94. The van der Waals surface area contributed by atoms with Gasteiger partial charge in [-0.1, -0.05) is 6.07 Å². The molecular formula is C12H19N3O2S. The van der Waals surface area contributed by atoms with Crippen LogP contribution in [0.5, 0.6) is 0 Å². The molecule has 1 aliphatic heterocycles. The molecule has 1 fully saturated rings. The Morgan fingerprint density at radius 3 is 3.06 bits per heavy atom. The first kappa shape index (κ1) is 13.5. The Bertz CT molecular complexity index is 475. The summed E-state index contributed by atoms with van der Waals surface area (Å²) in [4.78, 5) is 4.06. The number of nitrogens with zero attached hydrogens (tertiary/aromatic N) is 2. The molecule has 1 aliphatic rings. The second kappa shape index (κ2) is 5.77. The molecule has 0 saturated carbocycles. The summed E-state index contributed by atoms with van der Waals surface area (Å²) in [5, 5.41) is 3.39. The van der Waals surface area contributed by atoms with Crippen molar-refractivity contribution in [2.24, 2.45) is 0 Å². The third-order valence-electron chi connectivity index (χ3n) is 3.17. The first-order valence-electron chi connectivity index (χ1n) is 6.13. The fourth-order valence-corrected chi connectivity index (χ4v) is 3.09. The molecule has 0 bridgehead atoms. The Kier molecular flexibility index (Phi) is 4.31. The first-order chi connectivity index (χ1) is 8.55. The van der Waals surface area contributed by atoms with Crippen molar-refractivity contribution in [3.05, 3.63) is 30.1 Å². The molecule has 100 valence electrons. The minimum absolute atomic E-state index is 0.230. The largest absolute Gasteiger partial charge is 0.309 e. The Morgan fingerprint density at radius 1 is 1.56 bits per heavy atom. The van der Waals surface area contributed by atoms with Gasteiger partial charge >= 0.3 is 0 Å². The molecule has 0 radical (unpaired) electrons. The van der Waals surface area contributed by atoms with Crippen molar-refractivity contribution in [2.45, 2.75) is 25.4 Å². The number of sulfonamides is 1. The van der Waals surface area contributed by atoms with Crippen LogP contribution < -0.4 is 5.32 Å². The predicted octanol–water partition coefficient (Wildman–Crippen LogP) is 0.595. The van der Waals surface area contributed by atoms with E-state index < -0.39 is 10.0 Å². The van der Waals surface area contributed by atoms with Gasteiger partial charge in [-0.05, 0) is 24.5 Å².